The molecule has 2 atom stereocenters. The van der Waals surface area contributed by atoms with Crippen molar-refractivity contribution in [1.82, 2.24) is 15.0 Å². The number of rotatable bonds is 5. The van der Waals surface area contributed by atoms with Crippen LogP contribution in [0.4, 0.5) is 4.39 Å². The number of pyridine rings is 1. The molecule has 1 fully saturated rings. The van der Waals surface area contributed by atoms with Crippen LogP contribution in [0.3, 0.4) is 0 Å². The molecule has 0 radical (unpaired) electrons. The summed E-state index contributed by atoms with van der Waals surface area (Å²) in [5, 5.41) is 23.3. The molecule has 0 spiro atoms. The largest absolute Gasteiger partial charge is 0.485 e. The van der Waals surface area contributed by atoms with E-state index in [1.165, 1.54) is 23.8 Å². The van der Waals surface area contributed by atoms with Gasteiger partial charge in [-0.2, -0.15) is 0 Å². The highest BCUT2D eigenvalue weighted by Crippen LogP contribution is 2.34. The predicted molar refractivity (Wildman–Crippen MR) is 103 cm³/mol. The Morgan fingerprint density at radius 3 is 2.72 bits per heavy atom. The smallest absolute Gasteiger partial charge is 0.377 e. The number of carboxylic acids is 1. The van der Waals surface area contributed by atoms with E-state index in [1.54, 1.807) is 25.1 Å². The number of nitrogens with zero attached hydrogens (tertiary/aromatic N) is 3. The zero-order chi connectivity index (χ0) is 20.7. The van der Waals surface area contributed by atoms with Gasteiger partial charge in [-0.1, -0.05) is 5.16 Å². The second kappa shape index (κ2) is 7.45. The maximum Gasteiger partial charge on any atom is 0.377 e. The molecule has 1 saturated heterocycles. The summed E-state index contributed by atoms with van der Waals surface area (Å²) in [5.41, 5.74) is 2.70. The van der Waals surface area contributed by atoms with Gasteiger partial charge in [0.15, 0.2) is 5.75 Å². The van der Waals surface area contributed by atoms with Crippen LogP contribution in [0.2, 0.25) is 6.82 Å². The molecule has 2 N–H and O–H groups in total. The lowest BCUT2D eigenvalue weighted by molar-refractivity contribution is -0.141. The summed E-state index contributed by atoms with van der Waals surface area (Å²) in [6.45, 7) is 3.52. The SMILES string of the molecule is CB(O)N1C[C@H](Oc2cc(-c3ccc(F)cc3)nc3c(C)noc23)C[C@H]1C(=O)O. The van der Waals surface area contributed by atoms with Crippen LogP contribution in [0.15, 0.2) is 34.9 Å². The van der Waals surface area contributed by atoms with E-state index < -0.39 is 25.2 Å². The minimum Gasteiger partial charge on any atom is -0.485 e. The Hall–Kier alpha value is -2.98. The maximum absolute atomic E-state index is 13.3. The normalized spacial score (nSPS) is 19.6. The van der Waals surface area contributed by atoms with Crippen molar-refractivity contribution in [2.45, 2.75) is 32.3 Å². The number of halogens is 1. The van der Waals surface area contributed by atoms with Crippen molar-refractivity contribution in [2.75, 3.05) is 6.54 Å². The van der Waals surface area contributed by atoms with Crippen molar-refractivity contribution in [3.8, 4) is 17.0 Å². The number of aryl methyl sites for hydroxylation is 1. The fourth-order valence-corrected chi connectivity index (χ4v) is 3.60. The molecular weight excluding hydrogens is 380 g/mol. The topological polar surface area (TPSA) is 109 Å². The fourth-order valence-electron chi connectivity index (χ4n) is 3.60. The second-order valence-electron chi connectivity index (χ2n) is 7.12. The average molecular weight is 399 g/mol. The van der Waals surface area contributed by atoms with Gasteiger partial charge in [0.1, 0.15) is 29.2 Å². The Morgan fingerprint density at radius 2 is 2.10 bits per heavy atom. The zero-order valence-electron chi connectivity index (χ0n) is 15.9. The van der Waals surface area contributed by atoms with Gasteiger partial charge in [-0.05, 0) is 38.0 Å². The van der Waals surface area contributed by atoms with Crippen molar-refractivity contribution in [1.29, 1.82) is 0 Å². The van der Waals surface area contributed by atoms with E-state index in [2.05, 4.69) is 10.1 Å². The summed E-state index contributed by atoms with van der Waals surface area (Å²) < 4.78 is 24.7. The standard InChI is InChI=1S/C19H19BFN3O5/c1-10-17-18(29-23-10)16(8-14(22-17)11-3-5-12(21)6-4-11)28-13-7-15(19(25)26)24(9-13)20(2)27/h3-6,8,13,15,27H,7,9H2,1-2H3,(H,25,26)/t13-,15+/m1/s1. The lowest BCUT2D eigenvalue weighted by atomic mass is 9.84. The van der Waals surface area contributed by atoms with Crippen LogP contribution < -0.4 is 4.74 Å². The second-order valence-corrected chi connectivity index (χ2v) is 7.12. The van der Waals surface area contributed by atoms with Crippen molar-refractivity contribution in [2.24, 2.45) is 0 Å². The Bertz CT molecular complexity index is 1060. The molecule has 1 aliphatic heterocycles. The quantitative estimate of drug-likeness (QED) is 0.630. The first kappa shape index (κ1) is 19.3. The number of benzene rings is 1. The minimum absolute atomic E-state index is 0.211. The van der Waals surface area contributed by atoms with Gasteiger partial charge in [0.25, 0.3) is 0 Å². The number of ether oxygens (including phenoxy) is 1. The highest BCUT2D eigenvalue weighted by atomic mass is 19.1. The minimum atomic E-state index is -1.01. The summed E-state index contributed by atoms with van der Waals surface area (Å²) >= 11 is 0. The van der Waals surface area contributed by atoms with Gasteiger partial charge in [0.2, 0.25) is 5.58 Å². The first-order chi connectivity index (χ1) is 13.8. The van der Waals surface area contributed by atoms with E-state index in [0.717, 1.165) is 0 Å². The van der Waals surface area contributed by atoms with E-state index >= 15 is 0 Å². The van der Waals surface area contributed by atoms with Crippen molar-refractivity contribution in [3.63, 3.8) is 0 Å². The monoisotopic (exact) mass is 399 g/mol. The summed E-state index contributed by atoms with van der Waals surface area (Å²) in [5.74, 6) is -0.993. The third kappa shape index (κ3) is 3.68. The molecule has 2 aromatic heterocycles. The van der Waals surface area contributed by atoms with Crippen molar-refractivity contribution in [3.05, 3.63) is 41.8 Å². The molecule has 150 valence electrons. The first-order valence-electron chi connectivity index (χ1n) is 9.19. The molecule has 0 amide bonds. The lowest BCUT2D eigenvalue weighted by Crippen LogP contribution is -2.45. The van der Waals surface area contributed by atoms with Gasteiger partial charge < -0.3 is 24.2 Å². The molecular formula is C19H19BFN3O5. The van der Waals surface area contributed by atoms with Crippen LogP contribution in [0.5, 0.6) is 5.75 Å². The maximum atomic E-state index is 13.3. The number of carboxylic acid groups (broad SMARTS) is 1. The third-order valence-electron chi connectivity index (χ3n) is 5.06. The van der Waals surface area contributed by atoms with Gasteiger partial charge in [-0.25, -0.2) is 9.37 Å². The lowest BCUT2D eigenvalue weighted by Gasteiger charge is -2.21. The summed E-state index contributed by atoms with van der Waals surface area (Å²) in [4.78, 5) is 17.5. The first-order valence-corrected chi connectivity index (χ1v) is 9.19. The van der Waals surface area contributed by atoms with Crippen molar-refractivity contribution < 1.29 is 28.6 Å². The van der Waals surface area contributed by atoms with E-state index in [9.17, 15) is 19.3 Å². The third-order valence-corrected chi connectivity index (χ3v) is 5.06. The molecule has 0 unspecified atom stereocenters. The highest BCUT2D eigenvalue weighted by molar-refractivity contribution is 6.45. The number of aliphatic carboxylic acids is 1. The molecule has 0 bridgehead atoms. The van der Waals surface area contributed by atoms with Crippen LogP contribution in [-0.2, 0) is 4.79 Å². The fraction of sp³-hybridized carbons (Fsp3) is 0.316. The van der Waals surface area contributed by atoms with Crippen LogP contribution >= 0.6 is 0 Å². The Morgan fingerprint density at radius 1 is 1.38 bits per heavy atom. The van der Waals surface area contributed by atoms with Gasteiger partial charge in [0.05, 0.1) is 5.69 Å². The van der Waals surface area contributed by atoms with Crippen LogP contribution in [0.25, 0.3) is 22.4 Å². The van der Waals surface area contributed by atoms with E-state index in [0.29, 0.717) is 33.8 Å². The molecule has 4 rings (SSSR count). The van der Waals surface area contributed by atoms with E-state index in [1.807, 2.05) is 0 Å². The molecule has 3 heterocycles. The number of hydrogen-bond acceptors (Lipinski definition) is 7. The van der Waals surface area contributed by atoms with Crippen LogP contribution in [0, 0.1) is 12.7 Å². The Labute approximate surface area is 166 Å². The predicted octanol–water partition coefficient (Wildman–Crippen LogP) is 2.35. The van der Waals surface area contributed by atoms with Crippen LogP contribution in [-0.4, -0.2) is 56.8 Å². The van der Waals surface area contributed by atoms with E-state index in [4.69, 9.17) is 9.26 Å². The molecule has 1 aromatic carbocycles. The number of fused-ring (bicyclic) bond motifs is 1. The Balaban J connectivity index is 1.70. The van der Waals surface area contributed by atoms with Gasteiger partial charge >= 0.3 is 13.0 Å². The molecule has 10 heteroatoms. The van der Waals surface area contributed by atoms with E-state index in [-0.39, 0.29) is 18.8 Å². The average Bonchev–Trinajstić information content (AvgIpc) is 3.27. The Kier molecular flexibility index (Phi) is 4.97. The van der Waals surface area contributed by atoms with Crippen LogP contribution in [0.1, 0.15) is 12.1 Å². The van der Waals surface area contributed by atoms with Gasteiger partial charge in [-0.3, -0.25) is 4.79 Å². The molecule has 3 aromatic rings. The summed E-state index contributed by atoms with van der Waals surface area (Å²) in [6, 6.07) is 6.74. The summed E-state index contributed by atoms with van der Waals surface area (Å²) in [6.07, 6.45) is -0.258. The van der Waals surface area contributed by atoms with Gasteiger partial charge in [0, 0.05) is 24.6 Å². The number of aromatic nitrogens is 2. The number of carbonyl (C=O) groups is 1. The molecule has 0 saturated carbocycles. The molecule has 1 aliphatic rings. The molecule has 8 nitrogen and oxygen atoms in total. The molecule has 0 aliphatic carbocycles. The molecule has 29 heavy (non-hydrogen) atoms. The van der Waals surface area contributed by atoms with Crippen molar-refractivity contribution >= 4 is 24.1 Å². The zero-order valence-corrected chi connectivity index (χ0v) is 15.9. The highest BCUT2D eigenvalue weighted by Gasteiger charge is 2.41. The summed E-state index contributed by atoms with van der Waals surface area (Å²) in [7, 11) is -0.913. The van der Waals surface area contributed by atoms with Gasteiger partial charge in [-0.15, -0.1) is 0 Å². The number of hydrogen-bond donors (Lipinski definition) is 2.